The largest absolute Gasteiger partial charge is 0.480 e. The number of carbonyl (C=O) groups excluding carboxylic acids is 1. The van der Waals surface area contributed by atoms with Crippen molar-refractivity contribution in [2.75, 3.05) is 11.9 Å². The van der Waals surface area contributed by atoms with Crippen molar-refractivity contribution in [1.29, 1.82) is 0 Å². The Morgan fingerprint density at radius 1 is 1.43 bits per heavy atom. The predicted octanol–water partition coefficient (Wildman–Crippen LogP) is 2.15. The third kappa shape index (κ3) is 4.21. The third-order valence-electron chi connectivity index (χ3n) is 3.80. The second kappa shape index (κ2) is 7.10. The topological polar surface area (TPSA) is 87.5 Å². The molecule has 0 aromatic carbocycles. The lowest BCUT2D eigenvalue weighted by Crippen LogP contribution is -2.43. The molecule has 2 rings (SSSR count). The van der Waals surface area contributed by atoms with Gasteiger partial charge in [0.25, 0.3) is 0 Å². The van der Waals surface area contributed by atoms with E-state index in [-0.39, 0.29) is 12.6 Å². The zero-order valence-corrected chi connectivity index (χ0v) is 12.3. The highest BCUT2D eigenvalue weighted by Crippen LogP contribution is 2.23. The van der Waals surface area contributed by atoms with E-state index in [0.717, 1.165) is 12.8 Å². The number of carboxylic acids is 1. The molecular weight excluding hydrogens is 272 g/mol. The highest BCUT2D eigenvalue weighted by Gasteiger charge is 2.24. The molecule has 21 heavy (non-hydrogen) atoms. The van der Waals surface area contributed by atoms with Crippen molar-refractivity contribution in [3.05, 3.63) is 12.4 Å². The smallest absolute Gasteiger partial charge is 0.325 e. The number of aliphatic carboxylic acids is 1. The van der Waals surface area contributed by atoms with Gasteiger partial charge in [0, 0.05) is 18.8 Å². The number of anilines is 1. The Morgan fingerprint density at radius 2 is 2.14 bits per heavy atom. The lowest BCUT2D eigenvalue weighted by molar-refractivity contribution is -0.137. The van der Waals surface area contributed by atoms with Gasteiger partial charge < -0.3 is 15.3 Å². The van der Waals surface area contributed by atoms with E-state index in [9.17, 15) is 9.59 Å². The lowest BCUT2D eigenvalue weighted by atomic mass is 9.94. The van der Waals surface area contributed by atoms with E-state index < -0.39 is 5.97 Å². The van der Waals surface area contributed by atoms with Crippen molar-refractivity contribution in [3.8, 4) is 0 Å². The number of hydrogen-bond donors (Lipinski definition) is 2. The fourth-order valence-electron chi connectivity index (χ4n) is 2.81. The molecule has 0 spiro atoms. The molecule has 1 heterocycles. The van der Waals surface area contributed by atoms with E-state index >= 15 is 0 Å². The molecule has 0 bridgehead atoms. The van der Waals surface area contributed by atoms with Crippen molar-refractivity contribution >= 4 is 17.7 Å². The average Bonchev–Trinajstić information content (AvgIpc) is 2.87. The van der Waals surface area contributed by atoms with Crippen molar-refractivity contribution in [2.24, 2.45) is 0 Å². The molecule has 0 atom stereocenters. The fourth-order valence-corrected chi connectivity index (χ4v) is 2.81. The van der Waals surface area contributed by atoms with Gasteiger partial charge in [-0.3, -0.25) is 9.48 Å². The standard InChI is InChI=1S/C14H22N4O3/c1-2-18(12-6-4-3-5-7-12)14(21)16-11-8-15-17(9-11)10-13(19)20/h8-9,12H,2-7,10H2,1H3,(H,16,21)(H,19,20). The zero-order valence-electron chi connectivity index (χ0n) is 12.3. The second-order valence-electron chi connectivity index (χ2n) is 5.33. The van der Waals surface area contributed by atoms with Gasteiger partial charge in [0.1, 0.15) is 6.54 Å². The summed E-state index contributed by atoms with van der Waals surface area (Å²) in [5.74, 6) is -0.964. The second-order valence-corrected chi connectivity index (χ2v) is 5.33. The van der Waals surface area contributed by atoms with Crippen LogP contribution in [0.2, 0.25) is 0 Å². The monoisotopic (exact) mass is 294 g/mol. The quantitative estimate of drug-likeness (QED) is 0.871. The number of nitrogens with zero attached hydrogens (tertiary/aromatic N) is 3. The van der Waals surface area contributed by atoms with E-state index in [1.807, 2.05) is 11.8 Å². The first-order valence-electron chi connectivity index (χ1n) is 7.42. The van der Waals surface area contributed by atoms with Gasteiger partial charge in [-0.05, 0) is 19.8 Å². The summed E-state index contributed by atoms with van der Waals surface area (Å²) in [5, 5.41) is 15.4. The van der Waals surface area contributed by atoms with Gasteiger partial charge in [0.2, 0.25) is 0 Å². The molecule has 0 unspecified atom stereocenters. The van der Waals surface area contributed by atoms with E-state index in [1.54, 1.807) is 0 Å². The van der Waals surface area contributed by atoms with Gasteiger partial charge in [-0.15, -0.1) is 0 Å². The highest BCUT2D eigenvalue weighted by molar-refractivity contribution is 5.89. The summed E-state index contributed by atoms with van der Waals surface area (Å²) in [7, 11) is 0. The summed E-state index contributed by atoms with van der Waals surface area (Å²) >= 11 is 0. The molecule has 1 aliphatic rings. The highest BCUT2D eigenvalue weighted by atomic mass is 16.4. The van der Waals surface area contributed by atoms with Crippen LogP contribution in [0.1, 0.15) is 39.0 Å². The Bertz CT molecular complexity index is 494. The van der Waals surface area contributed by atoms with Gasteiger partial charge in [-0.1, -0.05) is 19.3 Å². The molecule has 1 aromatic rings. The maximum atomic E-state index is 12.3. The minimum absolute atomic E-state index is 0.140. The van der Waals surface area contributed by atoms with Gasteiger partial charge in [0.05, 0.1) is 11.9 Å². The third-order valence-corrected chi connectivity index (χ3v) is 3.80. The Labute approximate surface area is 123 Å². The van der Waals surface area contributed by atoms with Crippen molar-refractivity contribution in [3.63, 3.8) is 0 Å². The Hall–Kier alpha value is -2.05. The SMILES string of the molecule is CCN(C(=O)Nc1cnn(CC(=O)O)c1)C1CCCCC1. The van der Waals surface area contributed by atoms with Crippen LogP contribution in [0, 0.1) is 0 Å². The number of carboxylic acid groups (broad SMARTS) is 1. The Balaban J connectivity index is 1.95. The molecule has 0 radical (unpaired) electrons. The van der Waals surface area contributed by atoms with Crippen molar-refractivity contribution in [2.45, 2.75) is 51.6 Å². The molecule has 1 saturated carbocycles. The van der Waals surface area contributed by atoms with Gasteiger partial charge >= 0.3 is 12.0 Å². The number of amides is 2. The molecule has 7 heteroatoms. The summed E-state index contributed by atoms with van der Waals surface area (Å²) in [6, 6.07) is 0.164. The van der Waals surface area contributed by atoms with Crippen molar-refractivity contribution < 1.29 is 14.7 Å². The number of carbonyl (C=O) groups is 2. The number of aromatic nitrogens is 2. The molecule has 0 saturated heterocycles. The molecule has 2 amide bonds. The number of nitrogens with one attached hydrogen (secondary N) is 1. The predicted molar refractivity (Wildman–Crippen MR) is 78.1 cm³/mol. The Kier molecular flexibility index (Phi) is 5.19. The molecule has 2 N–H and O–H groups in total. The van der Waals surface area contributed by atoms with Crippen LogP contribution in [0.15, 0.2) is 12.4 Å². The summed E-state index contributed by atoms with van der Waals surface area (Å²) in [5.41, 5.74) is 0.524. The summed E-state index contributed by atoms with van der Waals surface area (Å²) < 4.78 is 1.29. The molecule has 116 valence electrons. The zero-order chi connectivity index (χ0) is 15.2. The van der Waals surface area contributed by atoms with Crippen LogP contribution < -0.4 is 5.32 Å². The van der Waals surface area contributed by atoms with Gasteiger partial charge in [0.15, 0.2) is 0 Å². The van der Waals surface area contributed by atoms with Crippen LogP contribution in [0.4, 0.5) is 10.5 Å². The maximum absolute atomic E-state index is 12.3. The number of rotatable bonds is 5. The lowest BCUT2D eigenvalue weighted by Gasteiger charge is -2.33. The molecule has 1 aliphatic carbocycles. The minimum Gasteiger partial charge on any atom is -0.480 e. The van der Waals surface area contributed by atoms with Crippen LogP contribution in [0.3, 0.4) is 0 Å². The Morgan fingerprint density at radius 3 is 2.76 bits per heavy atom. The van der Waals surface area contributed by atoms with Crippen LogP contribution in [-0.4, -0.2) is 44.4 Å². The van der Waals surface area contributed by atoms with Gasteiger partial charge in [-0.2, -0.15) is 5.10 Å². The normalized spacial score (nSPS) is 15.7. The van der Waals surface area contributed by atoms with Gasteiger partial charge in [-0.25, -0.2) is 4.79 Å². The first kappa shape index (κ1) is 15.3. The molecule has 0 aliphatic heterocycles. The van der Waals surface area contributed by atoms with Crippen LogP contribution >= 0.6 is 0 Å². The molecule has 7 nitrogen and oxygen atoms in total. The number of hydrogen-bond acceptors (Lipinski definition) is 3. The first-order chi connectivity index (χ1) is 10.1. The number of urea groups is 1. The molecule has 1 aromatic heterocycles. The van der Waals surface area contributed by atoms with Crippen LogP contribution in [0.5, 0.6) is 0 Å². The average molecular weight is 294 g/mol. The summed E-state index contributed by atoms with van der Waals surface area (Å²) in [4.78, 5) is 24.8. The van der Waals surface area contributed by atoms with E-state index in [2.05, 4.69) is 10.4 Å². The van der Waals surface area contributed by atoms with Crippen molar-refractivity contribution in [1.82, 2.24) is 14.7 Å². The fraction of sp³-hybridized carbons (Fsp3) is 0.643. The van der Waals surface area contributed by atoms with Crippen LogP contribution in [-0.2, 0) is 11.3 Å². The van der Waals surface area contributed by atoms with E-state index in [0.29, 0.717) is 18.3 Å². The maximum Gasteiger partial charge on any atom is 0.325 e. The summed E-state index contributed by atoms with van der Waals surface area (Å²) in [6.07, 6.45) is 8.70. The summed E-state index contributed by atoms with van der Waals surface area (Å²) in [6.45, 7) is 2.43. The molecular formula is C14H22N4O3. The van der Waals surface area contributed by atoms with Crippen LogP contribution in [0.25, 0.3) is 0 Å². The van der Waals surface area contributed by atoms with E-state index in [4.69, 9.17) is 5.11 Å². The first-order valence-corrected chi connectivity index (χ1v) is 7.42. The van der Waals surface area contributed by atoms with E-state index in [1.165, 1.54) is 36.3 Å². The molecule has 1 fully saturated rings. The minimum atomic E-state index is -0.964.